The number of carbonyl (C=O) groups is 2. The molecule has 0 atom stereocenters. The summed E-state index contributed by atoms with van der Waals surface area (Å²) in [5.74, 6) is -0.420. The van der Waals surface area contributed by atoms with Crippen molar-refractivity contribution in [3.63, 3.8) is 0 Å². The standard InChI is InChI=1S/C6H11ClN2O2/c1-9(4-5(8)10)6(11)2-3-7/h2-4H2,1H3,(H2,8,10). The van der Waals surface area contributed by atoms with Gasteiger partial charge in [0.2, 0.25) is 11.8 Å². The van der Waals surface area contributed by atoms with Crippen LogP contribution in [0.4, 0.5) is 0 Å². The quantitative estimate of drug-likeness (QED) is 0.594. The van der Waals surface area contributed by atoms with Crippen molar-refractivity contribution in [2.45, 2.75) is 6.42 Å². The first kappa shape index (κ1) is 10.2. The lowest BCUT2D eigenvalue weighted by Gasteiger charge is -2.13. The maximum atomic E-state index is 10.9. The highest BCUT2D eigenvalue weighted by atomic mass is 35.5. The van der Waals surface area contributed by atoms with E-state index < -0.39 is 5.91 Å². The highest BCUT2D eigenvalue weighted by Gasteiger charge is 2.08. The van der Waals surface area contributed by atoms with Crippen LogP contribution in [0.2, 0.25) is 0 Å². The Morgan fingerprint density at radius 3 is 2.45 bits per heavy atom. The number of nitrogens with zero attached hydrogens (tertiary/aromatic N) is 1. The molecule has 0 aromatic heterocycles. The van der Waals surface area contributed by atoms with Gasteiger partial charge in [-0.1, -0.05) is 0 Å². The van der Waals surface area contributed by atoms with Crippen molar-refractivity contribution < 1.29 is 9.59 Å². The van der Waals surface area contributed by atoms with E-state index in [1.54, 1.807) is 0 Å². The number of rotatable bonds is 4. The molecule has 0 fully saturated rings. The summed E-state index contributed by atoms with van der Waals surface area (Å²) in [4.78, 5) is 22.5. The molecule has 0 aromatic rings. The summed E-state index contributed by atoms with van der Waals surface area (Å²) in [7, 11) is 1.51. The van der Waals surface area contributed by atoms with E-state index in [4.69, 9.17) is 17.3 Å². The van der Waals surface area contributed by atoms with Gasteiger partial charge >= 0.3 is 0 Å². The van der Waals surface area contributed by atoms with E-state index in [0.717, 1.165) is 0 Å². The first-order chi connectivity index (χ1) is 5.07. The van der Waals surface area contributed by atoms with Crippen LogP contribution in [0.1, 0.15) is 6.42 Å². The van der Waals surface area contributed by atoms with Crippen molar-refractivity contribution in [1.82, 2.24) is 4.90 Å². The molecule has 2 N–H and O–H groups in total. The summed E-state index contributed by atoms with van der Waals surface area (Å²) in [5, 5.41) is 0. The first-order valence-electron chi connectivity index (χ1n) is 3.16. The molecule has 0 unspecified atom stereocenters. The Kier molecular flexibility index (Phi) is 4.61. The van der Waals surface area contributed by atoms with Crippen LogP contribution in [0.5, 0.6) is 0 Å². The SMILES string of the molecule is CN(CC(N)=O)C(=O)CCCl. The zero-order valence-corrected chi connectivity index (χ0v) is 7.10. The van der Waals surface area contributed by atoms with Crippen LogP contribution in [0, 0.1) is 0 Å². The van der Waals surface area contributed by atoms with Crippen LogP contribution in [0.15, 0.2) is 0 Å². The minimum Gasteiger partial charge on any atom is -0.368 e. The Balaban J connectivity index is 3.73. The van der Waals surface area contributed by atoms with Crippen molar-refractivity contribution in [3.8, 4) is 0 Å². The van der Waals surface area contributed by atoms with Crippen LogP contribution in [-0.2, 0) is 9.59 Å². The maximum absolute atomic E-state index is 10.9. The van der Waals surface area contributed by atoms with Crippen molar-refractivity contribution >= 4 is 23.4 Å². The van der Waals surface area contributed by atoms with E-state index in [2.05, 4.69) is 0 Å². The molecule has 0 aliphatic carbocycles. The minimum atomic E-state index is -0.518. The van der Waals surface area contributed by atoms with Gasteiger partial charge in [-0.05, 0) is 0 Å². The lowest BCUT2D eigenvalue weighted by Crippen LogP contribution is -2.35. The average molecular weight is 179 g/mol. The number of hydrogen-bond donors (Lipinski definition) is 1. The van der Waals surface area contributed by atoms with Gasteiger partial charge in [0.25, 0.3) is 0 Å². The second kappa shape index (κ2) is 4.96. The average Bonchev–Trinajstić information content (AvgIpc) is 1.86. The maximum Gasteiger partial charge on any atom is 0.237 e. The van der Waals surface area contributed by atoms with Crippen LogP contribution in [0.25, 0.3) is 0 Å². The van der Waals surface area contributed by atoms with E-state index in [-0.39, 0.29) is 24.8 Å². The van der Waals surface area contributed by atoms with Gasteiger partial charge in [-0.15, -0.1) is 11.6 Å². The van der Waals surface area contributed by atoms with Crippen molar-refractivity contribution in [3.05, 3.63) is 0 Å². The number of alkyl halides is 1. The highest BCUT2D eigenvalue weighted by Crippen LogP contribution is 1.91. The van der Waals surface area contributed by atoms with Crippen molar-refractivity contribution in [2.75, 3.05) is 19.5 Å². The summed E-state index contributed by atoms with van der Waals surface area (Å²) >= 11 is 5.31. The van der Waals surface area contributed by atoms with Crippen molar-refractivity contribution in [1.29, 1.82) is 0 Å². The molecular formula is C6H11ClN2O2. The van der Waals surface area contributed by atoms with Gasteiger partial charge in [0, 0.05) is 19.3 Å². The van der Waals surface area contributed by atoms with Gasteiger partial charge in [0.1, 0.15) is 0 Å². The predicted molar refractivity (Wildman–Crippen MR) is 42.2 cm³/mol. The van der Waals surface area contributed by atoms with Gasteiger partial charge < -0.3 is 10.6 Å². The van der Waals surface area contributed by atoms with E-state index in [9.17, 15) is 9.59 Å². The second-order valence-electron chi connectivity index (χ2n) is 2.16. The summed E-state index contributed by atoms with van der Waals surface area (Å²) in [6.45, 7) is -0.0459. The summed E-state index contributed by atoms with van der Waals surface area (Å²) in [6, 6.07) is 0. The number of carbonyl (C=O) groups excluding carboxylic acids is 2. The molecule has 0 saturated carbocycles. The second-order valence-corrected chi connectivity index (χ2v) is 2.53. The summed E-state index contributed by atoms with van der Waals surface area (Å²) < 4.78 is 0. The molecule has 0 rings (SSSR count). The third-order valence-corrected chi connectivity index (χ3v) is 1.32. The van der Waals surface area contributed by atoms with Gasteiger partial charge in [-0.25, -0.2) is 0 Å². The smallest absolute Gasteiger partial charge is 0.237 e. The third kappa shape index (κ3) is 4.61. The van der Waals surface area contributed by atoms with E-state index in [0.29, 0.717) is 0 Å². The molecular weight excluding hydrogens is 168 g/mol. The normalized spacial score (nSPS) is 9.27. The number of hydrogen-bond acceptors (Lipinski definition) is 2. The van der Waals surface area contributed by atoms with E-state index in [1.165, 1.54) is 11.9 Å². The third-order valence-electron chi connectivity index (χ3n) is 1.13. The predicted octanol–water partition coefficient (Wildman–Crippen LogP) is -0.441. The Bertz CT molecular complexity index is 161. The fourth-order valence-electron chi connectivity index (χ4n) is 0.594. The topological polar surface area (TPSA) is 63.4 Å². The van der Waals surface area contributed by atoms with E-state index in [1.807, 2.05) is 0 Å². The highest BCUT2D eigenvalue weighted by molar-refractivity contribution is 6.18. The molecule has 0 aliphatic rings. The van der Waals surface area contributed by atoms with Gasteiger partial charge in [-0.2, -0.15) is 0 Å². The van der Waals surface area contributed by atoms with Crippen molar-refractivity contribution in [2.24, 2.45) is 5.73 Å². The fraction of sp³-hybridized carbons (Fsp3) is 0.667. The van der Waals surface area contributed by atoms with Crippen LogP contribution in [0.3, 0.4) is 0 Å². The molecule has 5 heteroatoms. The molecule has 4 nitrogen and oxygen atoms in total. The van der Waals surface area contributed by atoms with Gasteiger partial charge in [-0.3, -0.25) is 9.59 Å². The molecule has 2 amide bonds. The number of halogens is 1. The molecule has 0 heterocycles. The summed E-state index contributed by atoms with van der Waals surface area (Å²) in [6.07, 6.45) is 0.241. The zero-order valence-electron chi connectivity index (χ0n) is 6.34. The lowest BCUT2D eigenvalue weighted by molar-refractivity contribution is -0.133. The molecule has 0 radical (unpaired) electrons. The molecule has 0 aromatic carbocycles. The first-order valence-corrected chi connectivity index (χ1v) is 3.69. The van der Waals surface area contributed by atoms with Crippen LogP contribution < -0.4 is 5.73 Å². The Morgan fingerprint density at radius 2 is 2.09 bits per heavy atom. The van der Waals surface area contributed by atoms with Gasteiger partial charge in [0.15, 0.2) is 0 Å². The number of nitrogens with two attached hydrogens (primary N) is 1. The molecule has 0 aliphatic heterocycles. The van der Waals surface area contributed by atoms with Gasteiger partial charge in [0.05, 0.1) is 6.54 Å². The molecule has 64 valence electrons. The number of likely N-dealkylation sites (N-methyl/N-ethyl adjacent to an activating group) is 1. The minimum absolute atomic E-state index is 0.0459. The number of amides is 2. The Hall–Kier alpha value is -0.770. The fourth-order valence-corrected chi connectivity index (χ4v) is 0.755. The van der Waals surface area contributed by atoms with Crippen LogP contribution in [-0.4, -0.2) is 36.2 Å². The molecule has 11 heavy (non-hydrogen) atoms. The largest absolute Gasteiger partial charge is 0.368 e. The summed E-state index contributed by atoms with van der Waals surface area (Å²) in [5.41, 5.74) is 4.86. The zero-order chi connectivity index (χ0) is 8.85. The molecule has 0 saturated heterocycles. The number of primary amides is 1. The Labute approximate surface area is 70.3 Å². The van der Waals surface area contributed by atoms with E-state index >= 15 is 0 Å². The Morgan fingerprint density at radius 1 is 1.55 bits per heavy atom. The lowest BCUT2D eigenvalue weighted by atomic mass is 10.4. The molecule has 0 spiro atoms. The monoisotopic (exact) mass is 178 g/mol. The van der Waals surface area contributed by atoms with Crippen LogP contribution >= 0.6 is 11.6 Å². The molecule has 0 bridgehead atoms.